The Balaban J connectivity index is 2.37. The molecule has 5 nitrogen and oxygen atoms in total. The Morgan fingerprint density at radius 2 is 2.00 bits per heavy atom. The summed E-state index contributed by atoms with van der Waals surface area (Å²) >= 11 is 0.964. The van der Waals surface area contributed by atoms with Crippen molar-refractivity contribution < 1.29 is 28.6 Å². The summed E-state index contributed by atoms with van der Waals surface area (Å²) in [6, 6.07) is 3.23. The molecule has 0 fully saturated rings. The Hall–Kier alpha value is -1.67. The number of nitrogens with one attached hydrogen (secondary N) is 1. The van der Waals surface area contributed by atoms with Crippen molar-refractivity contribution >= 4 is 23.6 Å². The van der Waals surface area contributed by atoms with E-state index in [1.54, 1.807) is 0 Å². The highest BCUT2D eigenvalue weighted by Crippen LogP contribution is 2.19. The molecule has 0 spiro atoms. The van der Waals surface area contributed by atoms with E-state index in [4.69, 9.17) is 10.2 Å². The maximum atomic E-state index is 12.9. The summed E-state index contributed by atoms with van der Waals surface area (Å²) < 4.78 is 25.5. The number of amides is 1. The first-order valence-corrected chi connectivity index (χ1v) is 6.14. The van der Waals surface area contributed by atoms with E-state index >= 15 is 0 Å². The standard InChI is InChI=1S/C11H11F2NO4S/c12-7-2-1-6(3-8(7)13)19-5-10(16)14-4-9(15)11(17)18/h1-3,9,15H,4-5H2,(H,14,16)(H,17,18)/t9-/m0/s1. The van der Waals surface area contributed by atoms with Crippen molar-refractivity contribution in [2.75, 3.05) is 12.3 Å². The van der Waals surface area contributed by atoms with Crippen molar-refractivity contribution in [1.82, 2.24) is 5.32 Å². The third-order valence-corrected chi connectivity index (χ3v) is 3.03. The topological polar surface area (TPSA) is 86.6 Å². The third kappa shape index (κ3) is 5.23. The Kier molecular flexibility index (Phi) is 5.71. The average molecular weight is 291 g/mol. The van der Waals surface area contributed by atoms with Gasteiger partial charge in [-0.25, -0.2) is 13.6 Å². The summed E-state index contributed by atoms with van der Waals surface area (Å²) in [5.41, 5.74) is 0. The monoisotopic (exact) mass is 291 g/mol. The molecule has 3 N–H and O–H groups in total. The molecular weight excluding hydrogens is 280 g/mol. The zero-order valence-electron chi connectivity index (χ0n) is 9.60. The Labute approximate surface area is 111 Å². The molecule has 0 aromatic heterocycles. The SMILES string of the molecule is O=C(CSc1ccc(F)c(F)c1)NC[C@H](O)C(=O)O. The van der Waals surface area contributed by atoms with Gasteiger partial charge in [0.2, 0.25) is 5.91 Å². The highest BCUT2D eigenvalue weighted by Gasteiger charge is 2.14. The van der Waals surface area contributed by atoms with E-state index in [0.717, 1.165) is 23.9 Å². The van der Waals surface area contributed by atoms with Gasteiger partial charge in [-0.05, 0) is 18.2 Å². The van der Waals surface area contributed by atoms with Gasteiger partial charge in [0.1, 0.15) is 0 Å². The molecule has 1 atom stereocenters. The van der Waals surface area contributed by atoms with Gasteiger partial charge in [-0.15, -0.1) is 11.8 Å². The molecule has 0 bridgehead atoms. The molecule has 19 heavy (non-hydrogen) atoms. The summed E-state index contributed by atoms with van der Waals surface area (Å²) in [5, 5.41) is 19.5. The summed E-state index contributed by atoms with van der Waals surface area (Å²) in [4.78, 5) is 21.9. The van der Waals surface area contributed by atoms with Crippen LogP contribution in [-0.2, 0) is 9.59 Å². The minimum Gasteiger partial charge on any atom is -0.479 e. The van der Waals surface area contributed by atoms with Crippen LogP contribution in [0.2, 0.25) is 0 Å². The third-order valence-electron chi connectivity index (χ3n) is 2.04. The number of hydrogen-bond acceptors (Lipinski definition) is 4. The molecule has 0 aliphatic heterocycles. The second-order valence-electron chi connectivity index (χ2n) is 3.52. The number of thioether (sulfide) groups is 1. The molecule has 0 aliphatic rings. The van der Waals surface area contributed by atoms with Gasteiger partial charge >= 0.3 is 5.97 Å². The molecule has 1 aromatic rings. The predicted molar refractivity (Wildman–Crippen MR) is 63.7 cm³/mol. The van der Waals surface area contributed by atoms with Crippen LogP contribution in [0.5, 0.6) is 0 Å². The van der Waals surface area contributed by atoms with Gasteiger partial charge in [-0.2, -0.15) is 0 Å². The summed E-state index contributed by atoms with van der Waals surface area (Å²) in [5.74, 6) is -4.04. The van der Waals surface area contributed by atoms with Crippen molar-refractivity contribution in [3.8, 4) is 0 Å². The van der Waals surface area contributed by atoms with Crippen molar-refractivity contribution in [2.24, 2.45) is 0 Å². The highest BCUT2D eigenvalue weighted by molar-refractivity contribution is 8.00. The summed E-state index contributed by atoms with van der Waals surface area (Å²) in [6.45, 7) is -0.410. The molecule has 1 aromatic carbocycles. The molecule has 0 aliphatic carbocycles. The van der Waals surface area contributed by atoms with E-state index in [2.05, 4.69) is 5.32 Å². The lowest BCUT2D eigenvalue weighted by Gasteiger charge is -2.07. The molecule has 0 saturated carbocycles. The lowest BCUT2D eigenvalue weighted by molar-refractivity contribution is -0.146. The van der Waals surface area contributed by atoms with Crippen LogP contribution in [0.3, 0.4) is 0 Å². The van der Waals surface area contributed by atoms with Gasteiger partial charge in [0.05, 0.1) is 12.3 Å². The fourth-order valence-corrected chi connectivity index (χ4v) is 1.82. The van der Waals surface area contributed by atoms with Gasteiger partial charge in [-0.3, -0.25) is 4.79 Å². The number of carbonyl (C=O) groups is 2. The van der Waals surface area contributed by atoms with Crippen LogP contribution in [0.15, 0.2) is 23.1 Å². The van der Waals surface area contributed by atoms with Crippen LogP contribution < -0.4 is 5.32 Å². The number of aliphatic carboxylic acids is 1. The van der Waals surface area contributed by atoms with E-state index in [9.17, 15) is 18.4 Å². The van der Waals surface area contributed by atoms with E-state index in [1.165, 1.54) is 6.07 Å². The van der Waals surface area contributed by atoms with E-state index in [0.29, 0.717) is 4.90 Å². The first-order chi connectivity index (χ1) is 8.90. The number of rotatable bonds is 6. The van der Waals surface area contributed by atoms with Gasteiger partial charge in [0.15, 0.2) is 17.7 Å². The molecule has 104 valence electrons. The first-order valence-electron chi connectivity index (χ1n) is 5.15. The number of carboxylic acid groups (broad SMARTS) is 1. The van der Waals surface area contributed by atoms with Gasteiger partial charge < -0.3 is 15.5 Å². The van der Waals surface area contributed by atoms with E-state index < -0.39 is 36.2 Å². The average Bonchev–Trinajstić information content (AvgIpc) is 2.37. The predicted octanol–water partition coefficient (Wildman–Crippen LogP) is 0.619. The lowest BCUT2D eigenvalue weighted by Crippen LogP contribution is -2.37. The van der Waals surface area contributed by atoms with E-state index in [1.807, 2.05) is 0 Å². The van der Waals surface area contributed by atoms with Crippen LogP contribution in [0.25, 0.3) is 0 Å². The first kappa shape index (κ1) is 15.4. The molecule has 1 rings (SSSR count). The maximum Gasteiger partial charge on any atom is 0.334 e. The Bertz CT molecular complexity index is 484. The van der Waals surface area contributed by atoms with E-state index in [-0.39, 0.29) is 5.75 Å². The molecule has 8 heteroatoms. The molecule has 0 heterocycles. The molecule has 1 amide bonds. The zero-order chi connectivity index (χ0) is 14.4. The summed E-state index contributed by atoms with van der Waals surface area (Å²) in [7, 11) is 0. The van der Waals surface area contributed by atoms with Crippen molar-refractivity contribution in [3.63, 3.8) is 0 Å². The minimum atomic E-state index is -1.67. The molecule has 0 radical (unpaired) electrons. The number of aliphatic hydroxyl groups is 1. The van der Waals surface area contributed by atoms with Crippen molar-refractivity contribution in [3.05, 3.63) is 29.8 Å². The van der Waals surface area contributed by atoms with Crippen LogP contribution >= 0.6 is 11.8 Å². The smallest absolute Gasteiger partial charge is 0.334 e. The second-order valence-corrected chi connectivity index (χ2v) is 4.57. The quantitative estimate of drug-likeness (QED) is 0.669. The fourth-order valence-electron chi connectivity index (χ4n) is 1.06. The molecule has 0 unspecified atom stereocenters. The fraction of sp³-hybridized carbons (Fsp3) is 0.273. The van der Waals surface area contributed by atoms with Gasteiger partial charge in [-0.1, -0.05) is 0 Å². The van der Waals surface area contributed by atoms with Crippen LogP contribution in [0.4, 0.5) is 8.78 Å². The normalized spacial score (nSPS) is 11.9. The Morgan fingerprint density at radius 3 is 2.58 bits per heavy atom. The van der Waals surface area contributed by atoms with Gasteiger partial charge in [0, 0.05) is 4.90 Å². The Morgan fingerprint density at radius 1 is 1.32 bits per heavy atom. The van der Waals surface area contributed by atoms with Crippen LogP contribution in [0, 0.1) is 11.6 Å². The number of aliphatic hydroxyl groups excluding tert-OH is 1. The zero-order valence-corrected chi connectivity index (χ0v) is 10.4. The van der Waals surface area contributed by atoms with Crippen molar-refractivity contribution in [2.45, 2.75) is 11.0 Å². The minimum absolute atomic E-state index is 0.0998. The highest BCUT2D eigenvalue weighted by atomic mass is 32.2. The van der Waals surface area contributed by atoms with Crippen molar-refractivity contribution in [1.29, 1.82) is 0 Å². The number of halogens is 2. The second kappa shape index (κ2) is 7.05. The molecule has 0 saturated heterocycles. The van der Waals surface area contributed by atoms with Crippen LogP contribution in [-0.4, -0.2) is 40.5 Å². The summed E-state index contributed by atoms with van der Waals surface area (Å²) in [6.07, 6.45) is -1.67. The number of hydrogen-bond donors (Lipinski definition) is 3. The molecular formula is C11H11F2NO4S. The van der Waals surface area contributed by atoms with Crippen LogP contribution in [0.1, 0.15) is 0 Å². The number of benzene rings is 1. The maximum absolute atomic E-state index is 12.9. The number of carbonyl (C=O) groups excluding carboxylic acids is 1. The van der Waals surface area contributed by atoms with Gasteiger partial charge in [0.25, 0.3) is 0 Å². The lowest BCUT2D eigenvalue weighted by atomic mass is 10.3. The number of carboxylic acids is 1. The largest absolute Gasteiger partial charge is 0.479 e.